The van der Waals surface area contributed by atoms with Gasteiger partial charge in [-0.05, 0) is 68.0 Å². The molecular weight excluding hydrogens is 430 g/mol. The van der Waals surface area contributed by atoms with Gasteiger partial charge in [-0.15, -0.1) is 0 Å². The number of nitrogens with two attached hydrogens (primary N) is 1. The highest BCUT2D eigenvalue weighted by atomic mass is 32.2. The first-order chi connectivity index (χ1) is 15.9. The molecule has 0 saturated heterocycles. The van der Waals surface area contributed by atoms with Crippen LogP contribution in [0.5, 0.6) is 5.75 Å². The number of aromatic amines is 1. The summed E-state index contributed by atoms with van der Waals surface area (Å²) in [5.41, 5.74) is 11.2. The molecule has 3 aromatic rings. The second-order valence-corrected chi connectivity index (χ2v) is 9.61. The Morgan fingerprint density at radius 3 is 2.94 bits per heavy atom. The number of rotatable bonds is 8. The Hall–Kier alpha value is -3.03. The Bertz CT molecular complexity index is 1140. The molecule has 1 heterocycles. The molecule has 1 aliphatic carbocycles. The summed E-state index contributed by atoms with van der Waals surface area (Å²) in [5.74, 6) is 1.59. The topological polar surface area (TPSA) is 99.8 Å². The van der Waals surface area contributed by atoms with Crippen LogP contribution in [0.1, 0.15) is 60.8 Å². The number of fused-ring (bicyclic) bond motifs is 1. The van der Waals surface area contributed by atoms with E-state index in [1.54, 1.807) is 12.3 Å². The minimum Gasteiger partial charge on any atom is -0.489 e. The molecule has 1 aliphatic rings. The normalized spacial score (nSPS) is 15.3. The molecule has 33 heavy (non-hydrogen) atoms. The quantitative estimate of drug-likeness (QED) is 0.197. The molecule has 5 N–H and O–H groups in total. The molecule has 1 atom stereocenters. The van der Waals surface area contributed by atoms with Crippen molar-refractivity contribution in [3.05, 3.63) is 83.4 Å². The number of nitrogens with zero attached hydrogens (tertiary/aromatic N) is 1. The van der Waals surface area contributed by atoms with Crippen molar-refractivity contribution in [2.45, 2.75) is 51.8 Å². The lowest BCUT2D eigenvalue weighted by Crippen LogP contribution is -2.25. The van der Waals surface area contributed by atoms with Gasteiger partial charge in [-0.3, -0.25) is 5.41 Å². The molecule has 7 heteroatoms. The van der Waals surface area contributed by atoms with Gasteiger partial charge in [0, 0.05) is 28.9 Å². The average Bonchev–Trinajstić information content (AvgIpc) is 3.32. The van der Waals surface area contributed by atoms with E-state index in [0.717, 1.165) is 41.1 Å². The molecule has 4 rings (SSSR count). The largest absolute Gasteiger partial charge is 0.489 e. The summed E-state index contributed by atoms with van der Waals surface area (Å²) in [5, 5.41) is 12.7. The molecule has 6 nitrogen and oxygen atoms in total. The maximum Gasteiger partial charge on any atom is 0.142 e. The number of imidazole rings is 1. The fraction of sp³-hybridized carbons (Fsp3) is 0.308. The Morgan fingerprint density at radius 1 is 1.36 bits per heavy atom. The van der Waals surface area contributed by atoms with Crippen molar-refractivity contribution in [2.24, 2.45) is 0 Å². The first kappa shape index (κ1) is 23.1. The van der Waals surface area contributed by atoms with Crippen molar-refractivity contribution in [3.8, 4) is 5.75 Å². The third-order valence-corrected chi connectivity index (χ3v) is 6.64. The van der Waals surface area contributed by atoms with Gasteiger partial charge in [0.1, 0.15) is 11.6 Å². The Kier molecular flexibility index (Phi) is 7.20. The van der Waals surface area contributed by atoms with Gasteiger partial charge in [-0.2, -0.15) is 0 Å². The molecule has 0 bridgehead atoms. The highest BCUT2D eigenvalue weighted by Gasteiger charge is 2.23. The van der Waals surface area contributed by atoms with Crippen molar-refractivity contribution >= 4 is 27.4 Å². The number of nitrogens with one attached hydrogen (secondary N) is 3. The predicted molar refractivity (Wildman–Crippen MR) is 138 cm³/mol. The lowest BCUT2D eigenvalue weighted by molar-refractivity contribution is 0.244. The number of ether oxygens (including phenoxy) is 1. The van der Waals surface area contributed by atoms with Crippen LogP contribution < -0.4 is 15.8 Å². The van der Waals surface area contributed by atoms with Gasteiger partial charge in [0.2, 0.25) is 0 Å². The van der Waals surface area contributed by atoms with Gasteiger partial charge in [0.15, 0.2) is 0 Å². The van der Waals surface area contributed by atoms with Crippen LogP contribution in [-0.2, 0) is 13.0 Å². The third-order valence-electron chi connectivity index (χ3n) is 5.74. The molecule has 0 saturated carbocycles. The maximum atomic E-state index is 8.63. The number of aromatic nitrogens is 2. The van der Waals surface area contributed by atoms with E-state index in [-0.39, 0.29) is 12.1 Å². The molecule has 172 valence electrons. The number of thioether (sulfide) groups is 1. The zero-order valence-electron chi connectivity index (χ0n) is 19.2. The lowest BCUT2D eigenvalue weighted by atomic mass is 9.84. The number of benzene rings is 2. The standard InChI is InChI=1S/C26H31N5OS/c1-16(2)32-24-11-10-18(14-22(24)27)26(28)33-17(3)19-6-4-8-21-20(19)7-5-9-23(21)31-15-25-29-12-13-30-25/h4,6,8,10-14,16,23,28,31H,3,5,7,9,15,27H2,1-2H3,(H,29,30)/t23-/m0/s1. The highest BCUT2D eigenvalue weighted by molar-refractivity contribution is 8.22. The summed E-state index contributed by atoms with van der Waals surface area (Å²) in [6, 6.07) is 12.2. The second-order valence-electron chi connectivity index (χ2n) is 8.51. The van der Waals surface area contributed by atoms with Crippen LogP contribution in [0, 0.1) is 5.41 Å². The second kappa shape index (κ2) is 10.3. The van der Waals surface area contributed by atoms with Crippen molar-refractivity contribution in [1.82, 2.24) is 15.3 Å². The fourth-order valence-corrected chi connectivity index (χ4v) is 5.02. The zero-order valence-corrected chi connectivity index (χ0v) is 20.0. The van der Waals surface area contributed by atoms with Crippen LogP contribution in [0.2, 0.25) is 0 Å². The zero-order chi connectivity index (χ0) is 23.4. The number of H-pyrrole nitrogens is 1. The van der Waals surface area contributed by atoms with E-state index in [2.05, 4.69) is 40.1 Å². The van der Waals surface area contributed by atoms with Crippen molar-refractivity contribution < 1.29 is 4.74 Å². The van der Waals surface area contributed by atoms with Gasteiger partial charge >= 0.3 is 0 Å². The summed E-state index contributed by atoms with van der Waals surface area (Å²) < 4.78 is 5.71. The third kappa shape index (κ3) is 5.49. The molecule has 0 unspecified atom stereocenters. The van der Waals surface area contributed by atoms with E-state index < -0.39 is 0 Å². The predicted octanol–water partition coefficient (Wildman–Crippen LogP) is 5.68. The molecule has 0 amide bonds. The first-order valence-electron chi connectivity index (χ1n) is 11.3. The van der Waals surface area contributed by atoms with E-state index in [9.17, 15) is 0 Å². The highest BCUT2D eigenvalue weighted by Crippen LogP contribution is 2.38. The summed E-state index contributed by atoms with van der Waals surface area (Å²) in [6.07, 6.45) is 6.90. The summed E-state index contributed by atoms with van der Waals surface area (Å²) in [7, 11) is 0. The van der Waals surface area contributed by atoms with Gasteiger partial charge in [-0.1, -0.05) is 36.5 Å². The number of nitrogen functional groups attached to an aromatic ring is 1. The van der Waals surface area contributed by atoms with E-state index in [1.165, 1.54) is 22.9 Å². The molecule has 2 aromatic carbocycles. The smallest absolute Gasteiger partial charge is 0.142 e. The van der Waals surface area contributed by atoms with Gasteiger partial charge in [0.25, 0.3) is 0 Å². The molecule has 0 spiro atoms. The van der Waals surface area contributed by atoms with Crippen molar-refractivity contribution in [3.63, 3.8) is 0 Å². The van der Waals surface area contributed by atoms with Crippen molar-refractivity contribution in [2.75, 3.05) is 5.73 Å². The SMILES string of the molecule is C=C(SC(=N)c1ccc(OC(C)C)c(N)c1)c1cccc2c1CCC[C@@H]2NCc1ncc[nH]1. The van der Waals surface area contributed by atoms with E-state index in [1.807, 2.05) is 32.2 Å². The van der Waals surface area contributed by atoms with Crippen LogP contribution in [-0.4, -0.2) is 21.1 Å². The maximum absolute atomic E-state index is 8.63. The average molecular weight is 462 g/mol. The molecule has 0 fully saturated rings. The van der Waals surface area contributed by atoms with Gasteiger partial charge in [0.05, 0.1) is 23.4 Å². The van der Waals surface area contributed by atoms with Crippen LogP contribution in [0.3, 0.4) is 0 Å². The lowest BCUT2D eigenvalue weighted by Gasteiger charge is -2.28. The van der Waals surface area contributed by atoms with Crippen LogP contribution >= 0.6 is 11.8 Å². The van der Waals surface area contributed by atoms with E-state index in [0.29, 0.717) is 23.0 Å². The summed E-state index contributed by atoms with van der Waals surface area (Å²) in [6.45, 7) is 8.96. The number of hydrogen-bond acceptors (Lipinski definition) is 6. The van der Waals surface area contributed by atoms with E-state index >= 15 is 0 Å². The van der Waals surface area contributed by atoms with Gasteiger partial charge < -0.3 is 20.8 Å². The molecular formula is C26H31N5OS. The molecule has 1 aromatic heterocycles. The van der Waals surface area contributed by atoms with E-state index in [4.69, 9.17) is 15.9 Å². The van der Waals surface area contributed by atoms with Crippen LogP contribution in [0.15, 0.2) is 55.4 Å². The Labute approximate surface area is 199 Å². The first-order valence-corrected chi connectivity index (χ1v) is 12.1. The minimum absolute atomic E-state index is 0.0495. The van der Waals surface area contributed by atoms with Gasteiger partial charge in [-0.25, -0.2) is 4.98 Å². The number of anilines is 1. The summed E-state index contributed by atoms with van der Waals surface area (Å²) >= 11 is 1.38. The van der Waals surface area contributed by atoms with Crippen molar-refractivity contribution in [1.29, 1.82) is 5.41 Å². The fourth-order valence-electron chi connectivity index (χ4n) is 4.22. The Morgan fingerprint density at radius 2 is 2.21 bits per heavy atom. The number of hydrogen-bond donors (Lipinski definition) is 4. The molecule has 0 radical (unpaired) electrons. The van der Waals surface area contributed by atoms with Crippen LogP contribution in [0.25, 0.3) is 4.91 Å². The monoisotopic (exact) mass is 461 g/mol. The minimum atomic E-state index is 0.0495. The Balaban J connectivity index is 1.48. The molecule has 0 aliphatic heterocycles. The summed E-state index contributed by atoms with van der Waals surface area (Å²) in [4.78, 5) is 8.35. The van der Waals surface area contributed by atoms with Crippen LogP contribution in [0.4, 0.5) is 5.69 Å².